The average molecular weight is 361 g/mol. The van der Waals surface area contributed by atoms with Crippen molar-refractivity contribution in [3.63, 3.8) is 0 Å². The molecule has 0 aliphatic rings. The molecule has 0 atom stereocenters. The molecule has 2 nitrogen and oxygen atoms in total. The topological polar surface area (TPSA) is 30.2 Å². The van der Waals surface area contributed by atoms with E-state index in [9.17, 15) is 4.79 Å². The molecule has 128 valence electrons. The van der Waals surface area contributed by atoms with E-state index in [1.54, 1.807) is 19.1 Å². The van der Waals surface area contributed by atoms with Gasteiger partial charge in [-0.15, -0.1) is 0 Å². The van der Waals surface area contributed by atoms with Gasteiger partial charge in [0.25, 0.3) is 0 Å². The molecule has 0 aliphatic carbocycles. The molecule has 1 heterocycles. The predicted molar refractivity (Wildman–Crippen MR) is 106 cm³/mol. The molecule has 3 rings (SSSR count). The minimum atomic E-state index is -0.0700. The van der Waals surface area contributed by atoms with Crippen molar-refractivity contribution in [1.82, 2.24) is 0 Å². The maximum atomic E-state index is 12.5. The van der Waals surface area contributed by atoms with Gasteiger partial charge in [-0.05, 0) is 49.7 Å². The van der Waals surface area contributed by atoms with Gasteiger partial charge in [0.05, 0.1) is 5.39 Å². The quantitative estimate of drug-likeness (QED) is 0.457. The molecule has 0 spiro atoms. The first-order valence-corrected chi connectivity index (χ1v) is 8.79. The number of hydrogen-bond donors (Lipinski definition) is 0. The van der Waals surface area contributed by atoms with Crippen molar-refractivity contribution in [2.24, 2.45) is 0 Å². The predicted octanol–water partition coefficient (Wildman–Crippen LogP) is 5.33. The molecule has 0 radical (unpaired) electrons. The highest BCUT2D eigenvalue weighted by Gasteiger charge is 2.08. The van der Waals surface area contributed by atoms with Crippen LogP contribution in [0.4, 0.5) is 0 Å². The third-order valence-electron chi connectivity index (χ3n) is 3.87. The molecule has 0 bridgehead atoms. The van der Waals surface area contributed by atoms with Gasteiger partial charge in [0, 0.05) is 23.4 Å². The summed E-state index contributed by atoms with van der Waals surface area (Å²) in [5.74, 6) is 12.8. The number of rotatable bonds is 2. The number of halogens is 1. The molecule has 3 aromatic rings. The van der Waals surface area contributed by atoms with Crippen molar-refractivity contribution in [2.45, 2.75) is 26.2 Å². The maximum Gasteiger partial charge on any atom is 0.208 e. The lowest BCUT2D eigenvalue weighted by Crippen LogP contribution is -2.08. The van der Waals surface area contributed by atoms with Gasteiger partial charge in [0.15, 0.2) is 0 Å². The van der Waals surface area contributed by atoms with Crippen molar-refractivity contribution in [3.8, 4) is 23.7 Å². The van der Waals surface area contributed by atoms with Gasteiger partial charge in [-0.25, -0.2) is 0 Å². The van der Waals surface area contributed by atoms with Gasteiger partial charge in [0.1, 0.15) is 16.9 Å². The van der Waals surface area contributed by atoms with Crippen LogP contribution in [0.2, 0.25) is 5.02 Å². The van der Waals surface area contributed by atoms with Crippen LogP contribution < -0.4 is 5.43 Å². The number of fused-ring (bicyclic) bond motifs is 1. The Morgan fingerprint density at radius 3 is 2.42 bits per heavy atom. The maximum absolute atomic E-state index is 12.5. The van der Waals surface area contributed by atoms with Gasteiger partial charge in [0.2, 0.25) is 5.43 Å². The van der Waals surface area contributed by atoms with Gasteiger partial charge < -0.3 is 4.42 Å². The van der Waals surface area contributed by atoms with Crippen LogP contribution in [0.1, 0.15) is 36.1 Å². The third kappa shape index (κ3) is 4.37. The Labute approximate surface area is 157 Å². The smallest absolute Gasteiger partial charge is 0.208 e. The van der Waals surface area contributed by atoms with Crippen LogP contribution in [0.5, 0.6) is 0 Å². The van der Waals surface area contributed by atoms with E-state index < -0.39 is 0 Å². The van der Waals surface area contributed by atoms with Gasteiger partial charge >= 0.3 is 0 Å². The zero-order valence-corrected chi connectivity index (χ0v) is 15.2. The van der Waals surface area contributed by atoms with E-state index in [0.717, 1.165) is 18.4 Å². The fraction of sp³-hybridized carbons (Fsp3) is 0.174. The number of para-hydroxylation sites is 1. The molecule has 0 aliphatic heterocycles. The van der Waals surface area contributed by atoms with Gasteiger partial charge in [-0.2, -0.15) is 0 Å². The van der Waals surface area contributed by atoms with Crippen molar-refractivity contribution in [2.75, 3.05) is 0 Å². The van der Waals surface area contributed by atoms with E-state index in [1.807, 2.05) is 36.4 Å². The van der Waals surface area contributed by atoms with E-state index >= 15 is 0 Å². The van der Waals surface area contributed by atoms with Crippen molar-refractivity contribution in [1.29, 1.82) is 0 Å². The van der Waals surface area contributed by atoms with Crippen molar-refractivity contribution < 1.29 is 4.42 Å². The average Bonchev–Trinajstić information content (AvgIpc) is 2.64. The van der Waals surface area contributed by atoms with Crippen LogP contribution in [0, 0.1) is 30.6 Å². The molecule has 1 aromatic heterocycles. The lowest BCUT2D eigenvalue weighted by molar-refractivity contribution is 0.562. The van der Waals surface area contributed by atoms with E-state index in [2.05, 4.69) is 23.7 Å². The number of unbranched alkanes of at least 4 members (excludes halogenated alkanes) is 2. The number of benzene rings is 2. The minimum absolute atomic E-state index is 0.0700. The summed E-state index contributed by atoms with van der Waals surface area (Å²) in [4.78, 5) is 12.5. The summed E-state index contributed by atoms with van der Waals surface area (Å²) in [6, 6.07) is 14.7. The molecule has 0 saturated carbocycles. The van der Waals surface area contributed by atoms with E-state index in [0.29, 0.717) is 33.7 Å². The van der Waals surface area contributed by atoms with Crippen LogP contribution in [-0.4, -0.2) is 0 Å². The SMILES string of the molecule is Cc1oc2ccccc2c(=O)c1C#CCCCC#Cc1ccc(Cl)cc1. The summed E-state index contributed by atoms with van der Waals surface area (Å²) in [6.45, 7) is 1.77. The summed E-state index contributed by atoms with van der Waals surface area (Å²) in [5.41, 5.74) is 1.92. The van der Waals surface area contributed by atoms with Crippen LogP contribution in [0.15, 0.2) is 57.7 Å². The molecule has 0 N–H and O–H groups in total. The monoisotopic (exact) mass is 360 g/mol. The van der Waals surface area contributed by atoms with Gasteiger partial charge in [-0.1, -0.05) is 47.4 Å². The second-order valence-corrected chi connectivity index (χ2v) is 6.26. The fourth-order valence-corrected chi connectivity index (χ4v) is 2.64. The second-order valence-electron chi connectivity index (χ2n) is 5.82. The van der Waals surface area contributed by atoms with Crippen LogP contribution in [-0.2, 0) is 0 Å². The highest BCUT2D eigenvalue weighted by atomic mass is 35.5. The Morgan fingerprint density at radius 2 is 1.65 bits per heavy atom. The fourth-order valence-electron chi connectivity index (χ4n) is 2.51. The van der Waals surface area contributed by atoms with E-state index in [4.69, 9.17) is 16.0 Å². The highest BCUT2D eigenvalue weighted by molar-refractivity contribution is 6.30. The Morgan fingerprint density at radius 1 is 0.962 bits per heavy atom. The summed E-state index contributed by atoms with van der Waals surface area (Å²) in [5, 5.41) is 1.27. The summed E-state index contributed by atoms with van der Waals surface area (Å²) in [6.07, 6.45) is 2.29. The van der Waals surface area contributed by atoms with Crippen molar-refractivity contribution >= 4 is 22.6 Å². The zero-order chi connectivity index (χ0) is 18.4. The molecule has 3 heteroatoms. The standard InChI is InChI=1S/C23H17ClO2/c1-17-20(23(25)21-11-7-8-12-22(21)26-17)10-6-4-2-3-5-9-18-13-15-19(24)16-14-18/h7-8,11-16H,2-4H2,1H3. The summed E-state index contributed by atoms with van der Waals surface area (Å²) >= 11 is 5.84. The molecule has 0 unspecified atom stereocenters. The van der Waals surface area contributed by atoms with Gasteiger partial charge in [-0.3, -0.25) is 4.79 Å². The second kappa shape index (κ2) is 8.43. The van der Waals surface area contributed by atoms with Crippen LogP contribution in [0.3, 0.4) is 0 Å². The molecule has 0 fully saturated rings. The molecule has 0 saturated heterocycles. The number of aryl methyl sites for hydroxylation is 1. The first-order valence-electron chi connectivity index (χ1n) is 8.41. The highest BCUT2D eigenvalue weighted by Crippen LogP contribution is 2.14. The van der Waals surface area contributed by atoms with Crippen molar-refractivity contribution in [3.05, 3.63) is 80.7 Å². The molecule has 0 amide bonds. The van der Waals surface area contributed by atoms with Crippen LogP contribution >= 0.6 is 11.6 Å². The Bertz CT molecular complexity index is 1100. The lowest BCUT2D eigenvalue weighted by Gasteiger charge is -2.00. The number of hydrogen-bond acceptors (Lipinski definition) is 2. The zero-order valence-electron chi connectivity index (χ0n) is 14.4. The first kappa shape index (κ1) is 17.9. The van der Waals surface area contributed by atoms with Crippen LogP contribution in [0.25, 0.3) is 11.0 Å². The Balaban J connectivity index is 1.62. The van der Waals surface area contributed by atoms with E-state index in [-0.39, 0.29) is 5.43 Å². The Hall–Kier alpha value is -2.94. The molecular formula is C23H17ClO2. The van der Waals surface area contributed by atoms with E-state index in [1.165, 1.54) is 0 Å². The first-order chi connectivity index (χ1) is 12.6. The minimum Gasteiger partial charge on any atom is -0.460 e. The largest absolute Gasteiger partial charge is 0.460 e. The lowest BCUT2D eigenvalue weighted by atomic mass is 10.1. The summed E-state index contributed by atoms with van der Waals surface area (Å²) in [7, 11) is 0. The molecular weight excluding hydrogens is 344 g/mol. The summed E-state index contributed by atoms with van der Waals surface area (Å²) < 4.78 is 5.69. The normalized spacial score (nSPS) is 9.92. The third-order valence-corrected chi connectivity index (χ3v) is 4.12. The molecule has 2 aromatic carbocycles. The Kier molecular flexibility index (Phi) is 5.80. The molecule has 26 heavy (non-hydrogen) atoms.